The molecule has 0 spiro atoms. The molecule has 0 fully saturated rings. The second-order valence-corrected chi connectivity index (χ2v) is 5.79. The summed E-state index contributed by atoms with van der Waals surface area (Å²) >= 11 is 0. The van der Waals surface area contributed by atoms with Gasteiger partial charge in [0.2, 0.25) is 0 Å². The highest BCUT2D eigenvalue weighted by Crippen LogP contribution is 2.20. The van der Waals surface area contributed by atoms with Crippen molar-refractivity contribution in [2.75, 3.05) is 0 Å². The number of hydrogen-bond acceptors (Lipinski definition) is 2. The summed E-state index contributed by atoms with van der Waals surface area (Å²) < 4.78 is 0. The van der Waals surface area contributed by atoms with Crippen molar-refractivity contribution in [2.24, 2.45) is 0 Å². The van der Waals surface area contributed by atoms with Gasteiger partial charge in [-0.05, 0) is 71.5 Å². The summed E-state index contributed by atoms with van der Waals surface area (Å²) in [4.78, 5) is 8.09. The fourth-order valence-corrected chi connectivity index (χ4v) is 2.54. The zero-order valence-corrected chi connectivity index (χ0v) is 14.0. The summed E-state index contributed by atoms with van der Waals surface area (Å²) in [6.07, 6.45) is 15.8. The van der Waals surface area contributed by atoms with Gasteiger partial charge in [-0.15, -0.1) is 0 Å². The highest BCUT2D eigenvalue weighted by Gasteiger charge is 2.00. The van der Waals surface area contributed by atoms with E-state index in [0.29, 0.717) is 0 Å². The van der Waals surface area contributed by atoms with E-state index < -0.39 is 0 Å². The second-order valence-electron chi connectivity index (χ2n) is 5.79. The summed E-state index contributed by atoms with van der Waals surface area (Å²) in [7, 11) is 0. The van der Waals surface area contributed by atoms with Gasteiger partial charge in [0.05, 0.1) is 0 Å². The third-order valence-corrected chi connectivity index (χ3v) is 3.98. The third-order valence-electron chi connectivity index (χ3n) is 3.98. The van der Waals surface area contributed by atoms with Crippen LogP contribution < -0.4 is 0 Å². The Balaban J connectivity index is 1.83. The van der Waals surface area contributed by atoms with Crippen LogP contribution in [0.2, 0.25) is 0 Å². The molecule has 3 rings (SSSR count). The van der Waals surface area contributed by atoms with Gasteiger partial charge in [-0.3, -0.25) is 9.97 Å². The maximum Gasteiger partial charge on any atom is 0.0273 e. The predicted octanol–water partition coefficient (Wildman–Crippen LogP) is 5.43. The van der Waals surface area contributed by atoms with Gasteiger partial charge in [0.15, 0.2) is 0 Å². The Morgan fingerprint density at radius 1 is 0.583 bits per heavy atom. The Morgan fingerprint density at radius 2 is 0.958 bits per heavy atom. The van der Waals surface area contributed by atoms with Crippen molar-refractivity contribution in [1.82, 2.24) is 9.97 Å². The van der Waals surface area contributed by atoms with Crippen LogP contribution >= 0.6 is 0 Å². The van der Waals surface area contributed by atoms with Gasteiger partial charge >= 0.3 is 0 Å². The van der Waals surface area contributed by atoms with Crippen molar-refractivity contribution in [2.45, 2.75) is 13.8 Å². The molecule has 118 valence electrons. The normalized spacial score (nSPS) is 11.4. The molecule has 0 radical (unpaired) electrons. The Hall–Kier alpha value is -3.00. The Bertz CT molecular complexity index is 788. The minimum atomic E-state index is 1.16. The molecular formula is C22H20N2. The summed E-state index contributed by atoms with van der Waals surface area (Å²) in [5.74, 6) is 0. The molecule has 2 heterocycles. The number of aromatic nitrogens is 2. The topological polar surface area (TPSA) is 25.8 Å². The molecule has 0 bridgehead atoms. The van der Waals surface area contributed by atoms with Crippen LogP contribution in [-0.2, 0) is 0 Å². The van der Waals surface area contributed by atoms with E-state index in [1.54, 1.807) is 0 Å². The van der Waals surface area contributed by atoms with Crippen LogP contribution in [0.4, 0.5) is 0 Å². The van der Waals surface area contributed by atoms with Crippen molar-refractivity contribution >= 4 is 24.3 Å². The summed E-state index contributed by atoms with van der Waals surface area (Å²) in [5.41, 5.74) is 7.32. The van der Waals surface area contributed by atoms with Crippen LogP contribution in [0, 0.1) is 13.8 Å². The van der Waals surface area contributed by atoms with Crippen molar-refractivity contribution < 1.29 is 0 Å². The molecule has 0 saturated carbocycles. The van der Waals surface area contributed by atoms with E-state index in [1.807, 2.05) is 49.1 Å². The lowest BCUT2D eigenvalue weighted by Gasteiger charge is -2.07. The van der Waals surface area contributed by atoms with Crippen LogP contribution in [0.3, 0.4) is 0 Å². The van der Waals surface area contributed by atoms with Gasteiger partial charge in [-0.25, -0.2) is 0 Å². The molecule has 2 aromatic heterocycles. The molecule has 0 saturated heterocycles. The van der Waals surface area contributed by atoms with Gasteiger partial charge < -0.3 is 0 Å². The van der Waals surface area contributed by atoms with Crippen molar-refractivity contribution in [3.05, 3.63) is 94.6 Å². The third kappa shape index (κ3) is 4.05. The van der Waals surface area contributed by atoms with Crippen molar-refractivity contribution in [1.29, 1.82) is 0 Å². The van der Waals surface area contributed by atoms with E-state index in [-0.39, 0.29) is 0 Å². The first-order valence-corrected chi connectivity index (χ1v) is 8.00. The number of benzene rings is 1. The zero-order chi connectivity index (χ0) is 16.8. The molecule has 0 N–H and O–H groups in total. The molecule has 0 aliphatic heterocycles. The molecule has 24 heavy (non-hydrogen) atoms. The Labute approximate surface area is 143 Å². The number of aryl methyl sites for hydroxylation is 2. The van der Waals surface area contributed by atoms with E-state index in [0.717, 1.165) is 11.1 Å². The fraction of sp³-hybridized carbons (Fsp3) is 0.0909. The number of nitrogens with zero attached hydrogens (tertiary/aromatic N) is 2. The van der Waals surface area contributed by atoms with Crippen LogP contribution in [0.25, 0.3) is 24.3 Å². The summed E-state index contributed by atoms with van der Waals surface area (Å²) in [6, 6.07) is 12.5. The smallest absolute Gasteiger partial charge is 0.0273 e. The fourth-order valence-electron chi connectivity index (χ4n) is 2.54. The first kappa shape index (κ1) is 15.9. The van der Waals surface area contributed by atoms with Gasteiger partial charge in [-0.1, -0.05) is 36.4 Å². The molecule has 2 heteroatoms. The van der Waals surface area contributed by atoms with E-state index in [2.05, 4.69) is 60.3 Å². The molecule has 3 aromatic rings. The number of hydrogen-bond donors (Lipinski definition) is 0. The molecule has 0 amide bonds. The van der Waals surface area contributed by atoms with E-state index in [1.165, 1.54) is 22.3 Å². The summed E-state index contributed by atoms with van der Waals surface area (Å²) in [6.45, 7) is 4.30. The molecular weight excluding hydrogens is 292 g/mol. The Morgan fingerprint density at radius 3 is 1.33 bits per heavy atom. The first-order valence-electron chi connectivity index (χ1n) is 8.00. The maximum absolute atomic E-state index is 4.04. The standard InChI is InChI=1S/C22H20N2/c1-17-15-22(6-4-20-9-13-24-14-10-20)18(2)16-21(17)5-3-19-7-11-23-12-8-19/h3-16H,1-2H3/b5-3+,6-4+. The minimum Gasteiger partial charge on any atom is -0.265 e. The van der Waals surface area contributed by atoms with Crippen LogP contribution in [0.5, 0.6) is 0 Å². The first-order chi connectivity index (χ1) is 11.7. The lowest BCUT2D eigenvalue weighted by molar-refractivity contribution is 1.32. The van der Waals surface area contributed by atoms with Crippen LogP contribution in [-0.4, -0.2) is 9.97 Å². The average molecular weight is 312 g/mol. The van der Waals surface area contributed by atoms with Gasteiger partial charge in [0.25, 0.3) is 0 Å². The Kier molecular flexibility index (Phi) is 4.97. The van der Waals surface area contributed by atoms with E-state index in [4.69, 9.17) is 0 Å². The average Bonchev–Trinajstić information content (AvgIpc) is 2.62. The molecule has 0 atom stereocenters. The monoisotopic (exact) mass is 312 g/mol. The lowest BCUT2D eigenvalue weighted by Crippen LogP contribution is -1.88. The molecule has 0 unspecified atom stereocenters. The summed E-state index contributed by atoms with van der Waals surface area (Å²) in [5, 5.41) is 0. The maximum atomic E-state index is 4.04. The highest BCUT2D eigenvalue weighted by molar-refractivity contribution is 5.75. The highest BCUT2D eigenvalue weighted by atomic mass is 14.6. The second kappa shape index (κ2) is 7.51. The largest absolute Gasteiger partial charge is 0.265 e. The van der Waals surface area contributed by atoms with Crippen molar-refractivity contribution in [3.8, 4) is 0 Å². The van der Waals surface area contributed by atoms with Gasteiger partial charge in [-0.2, -0.15) is 0 Å². The van der Waals surface area contributed by atoms with Crippen LogP contribution in [0.1, 0.15) is 33.4 Å². The number of pyridine rings is 2. The number of rotatable bonds is 4. The van der Waals surface area contributed by atoms with Crippen LogP contribution in [0.15, 0.2) is 61.2 Å². The lowest BCUT2D eigenvalue weighted by atomic mass is 9.98. The van der Waals surface area contributed by atoms with Gasteiger partial charge in [0, 0.05) is 24.8 Å². The minimum absolute atomic E-state index is 1.16. The molecule has 0 aliphatic carbocycles. The SMILES string of the molecule is Cc1cc(/C=C/c2ccncc2)c(C)cc1/C=C/c1ccncc1. The molecule has 1 aromatic carbocycles. The molecule has 2 nitrogen and oxygen atoms in total. The van der Waals surface area contributed by atoms with E-state index >= 15 is 0 Å². The van der Waals surface area contributed by atoms with E-state index in [9.17, 15) is 0 Å². The zero-order valence-electron chi connectivity index (χ0n) is 14.0. The predicted molar refractivity (Wildman–Crippen MR) is 102 cm³/mol. The quantitative estimate of drug-likeness (QED) is 0.641. The van der Waals surface area contributed by atoms with Crippen molar-refractivity contribution in [3.63, 3.8) is 0 Å². The van der Waals surface area contributed by atoms with Gasteiger partial charge in [0.1, 0.15) is 0 Å². The molecule has 0 aliphatic rings.